The van der Waals surface area contributed by atoms with Crippen LogP contribution in [0.2, 0.25) is 0 Å². The number of hydrogen-bond donors (Lipinski definition) is 1. The molecule has 0 fully saturated rings. The summed E-state index contributed by atoms with van der Waals surface area (Å²) in [5.74, 6) is -0.382. The van der Waals surface area contributed by atoms with Crippen LogP contribution in [0.25, 0.3) is 10.9 Å². The van der Waals surface area contributed by atoms with Crippen LogP contribution in [0.15, 0.2) is 12.3 Å². The summed E-state index contributed by atoms with van der Waals surface area (Å²) in [5, 5.41) is 4.98. The number of fused-ring (bicyclic) bond motifs is 1. The molecule has 0 spiro atoms. The van der Waals surface area contributed by atoms with Crippen molar-refractivity contribution in [1.82, 2.24) is 9.78 Å². The predicted octanol–water partition coefficient (Wildman–Crippen LogP) is 1.25. The zero-order valence-corrected chi connectivity index (χ0v) is 9.44. The van der Waals surface area contributed by atoms with Crippen LogP contribution in [0, 0.1) is 6.92 Å². The van der Waals surface area contributed by atoms with Crippen molar-refractivity contribution in [1.29, 1.82) is 0 Å². The van der Waals surface area contributed by atoms with Gasteiger partial charge in [-0.1, -0.05) is 0 Å². The Morgan fingerprint density at radius 2 is 2.25 bits per heavy atom. The number of nitrogens with zero attached hydrogens (tertiary/aromatic N) is 2. The van der Waals surface area contributed by atoms with Crippen molar-refractivity contribution in [2.45, 2.75) is 6.92 Å². The van der Waals surface area contributed by atoms with E-state index < -0.39 is 0 Å². The van der Waals surface area contributed by atoms with E-state index in [1.54, 1.807) is 16.9 Å². The molecule has 0 aliphatic carbocycles. The van der Waals surface area contributed by atoms with E-state index in [9.17, 15) is 4.79 Å². The molecule has 2 N–H and O–H groups in total. The normalized spacial score (nSPS) is 10.7. The summed E-state index contributed by atoms with van der Waals surface area (Å²) in [5.41, 5.74) is 8.58. The molecule has 5 nitrogen and oxygen atoms in total. The number of esters is 1. The Kier molecular flexibility index (Phi) is 2.30. The fourth-order valence-electron chi connectivity index (χ4n) is 1.88. The number of carbonyl (C=O) groups is 1. The Labute approximate surface area is 92.8 Å². The van der Waals surface area contributed by atoms with Crippen LogP contribution >= 0.6 is 0 Å². The SMILES string of the molecule is COC(=O)c1cc(N)c2cnn(C)c2c1C. The lowest BCUT2D eigenvalue weighted by Crippen LogP contribution is -2.06. The molecule has 2 aromatic rings. The molecule has 16 heavy (non-hydrogen) atoms. The van der Waals surface area contributed by atoms with Gasteiger partial charge in [-0.15, -0.1) is 0 Å². The highest BCUT2D eigenvalue weighted by molar-refractivity contribution is 6.02. The van der Waals surface area contributed by atoms with Crippen LogP contribution in [-0.2, 0) is 11.8 Å². The minimum Gasteiger partial charge on any atom is -0.465 e. The lowest BCUT2D eigenvalue weighted by molar-refractivity contribution is 0.0600. The van der Waals surface area contributed by atoms with Gasteiger partial charge >= 0.3 is 5.97 Å². The maximum atomic E-state index is 11.6. The van der Waals surface area contributed by atoms with Crippen molar-refractivity contribution in [3.8, 4) is 0 Å². The third-order valence-electron chi connectivity index (χ3n) is 2.71. The van der Waals surface area contributed by atoms with E-state index >= 15 is 0 Å². The summed E-state index contributed by atoms with van der Waals surface area (Å²) in [6, 6.07) is 1.63. The molecule has 0 bridgehead atoms. The minimum atomic E-state index is -0.382. The summed E-state index contributed by atoms with van der Waals surface area (Å²) in [6.45, 7) is 1.86. The highest BCUT2D eigenvalue weighted by atomic mass is 16.5. The van der Waals surface area contributed by atoms with E-state index in [0.29, 0.717) is 11.3 Å². The number of aromatic nitrogens is 2. The lowest BCUT2D eigenvalue weighted by atomic mass is 10.0. The number of rotatable bonds is 1. The lowest BCUT2D eigenvalue weighted by Gasteiger charge is -2.08. The average Bonchev–Trinajstić information content (AvgIpc) is 2.65. The molecule has 1 heterocycles. The molecular formula is C11H13N3O2. The average molecular weight is 219 g/mol. The van der Waals surface area contributed by atoms with Gasteiger partial charge in [-0.2, -0.15) is 5.10 Å². The first-order chi connectivity index (χ1) is 7.56. The Bertz CT molecular complexity index is 572. The summed E-state index contributed by atoms with van der Waals surface area (Å²) >= 11 is 0. The van der Waals surface area contributed by atoms with Crippen LogP contribution in [0.3, 0.4) is 0 Å². The van der Waals surface area contributed by atoms with Gasteiger partial charge < -0.3 is 10.5 Å². The van der Waals surface area contributed by atoms with Crippen LogP contribution in [0.4, 0.5) is 5.69 Å². The topological polar surface area (TPSA) is 70.1 Å². The van der Waals surface area contributed by atoms with Crippen molar-refractivity contribution >= 4 is 22.6 Å². The maximum Gasteiger partial charge on any atom is 0.338 e. The number of methoxy groups -OCH3 is 1. The van der Waals surface area contributed by atoms with E-state index in [1.165, 1.54) is 7.11 Å². The van der Waals surface area contributed by atoms with Crippen LogP contribution in [-0.4, -0.2) is 22.9 Å². The van der Waals surface area contributed by atoms with Gasteiger partial charge in [-0.3, -0.25) is 4.68 Å². The highest BCUT2D eigenvalue weighted by Gasteiger charge is 2.16. The standard InChI is InChI=1S/C11H13N3O2/c1-6-7(11(15)16-3)4-9(12)8-5-13-14(2)10(6)8/h4-5H,12H2,1-3H3. The molecule has 0 atom stereocenters. The fourth-order valence-corrected chi connectivity index (χ4v) is 1.88. The Morgan fingerprint density at radius 1 is 1.56 bits per heavy atom. The maximum absolute atomic E-state index is 11.6. The number of anilines is 1. The predicted molar refractivity (Wildman–Crippen MR) is 61.2 cm³/mol. The smallest absolute Gasteiger partial charge is 0.338 e. The van der Waals surface area contributed by atoms with Crippen molar-refractivity contribution in [2.24, 2.45) is 7.05 Å². The summed E-state index contributed by atoms with van der Waals surface area (Å²) in [4.78, 5) is 11.6. The van der Waals surface area contributed by atoms with Crippen LogP contribution < -0.4 is 5.73 Å². The second-order valence-corrected chi connectivity index (χ2v) is 3.66. The number of nitrogen functional groups attached to an aromatic ring is 1. The quantitative estimate of drug-likeness (QED) is 0.579. The zero-order chi connectivity index (χ0) is 11.9. The zero-order valence-electron chi connectivity index (χ0n) is 9.44. The summed E-state index contributed by atoms with van der Waals surface area (Å²) < 4.78 is 6.42. The second-order valence-electron chi connectivity index (χ2n) is 3.66. The Morgan fingerprint density at radius 3 is 2.88 bits per heavy atom. The molecule has 0 aliphatic rings. The first-order valence-electron chi connectivity index (χ1n) is 4.85. The molecule has 1 aromatic carbocycles. The van der Waals surface area contributed by atoms with E-state index in [1.807, 2.05) is 14.0 Å². The molecule has 84 valence electrons. The van der Waals surface area contributed by atoms with Crippen LogP contribution in [0.1, 0.15) is 15.9 Å². The van der Waals surface area contributed by atoms with E-state index in [4.69, 9.17) is 10.5 Å². The largest absolute Gasteiger partial charge is 0.465 e. The molecule has 0 radical (unpaired) electrons. The van der Waals surface area contributed by atoms with Gasteiger partial charge in [0, 0.05) is 18.1 Å². The number of benzene rings is 1. The Hall–Kier alpha value is -2.04. The molecule has 2 rings (SSSR count). The Balaban J connectivity index is 2.83. The highest BCUT2D eigenvalue weighted by Crippen LogP contribution is 2.27. The van der Waals surface area contributed by atoms with Crippen molar-refractivity contribution in [3.63, 3.8) is 0 Å². The van der Waals surface area contributed by atoms with Gasteiger partial charge in [-0.05, 0) is 18.6 Å². The van der Waals surface area contributed by atoms with Crippen molar-refractivity contribution < 1.29 is 9.53 Å². The molecule has 0 amide bonds. The van der Waals surface area contributed by atoms with E-state index in [2.05, 4.69) is 5.10 Å². The molecular weight excluding hydrogens is 206 g/mol. The van der Waals surface area contributed by atoms with Gasteiger partial charge in [0.2, 0.25) is 0 Å². The first-order valence-corrected chi connectivity index (χ1v) is 4.85. The third-order valence-corrected chi connectivity index (χ3v) is 2.71. The van der Waals surface area contributed by atoms with Crippen molar-refractivity contribution in [3.05, 3.63) is 23.4 Å². The van der Waals surface area contributed by atoms with Crippen LogP contribution in [0.5, 0.6) is 0 Å². The van der Waals surface area contributed by atoms with Gasteiger partial charge in [0.1, 0.15) is 0 Å². The van der Waals surface area contributed by atoms with E-state index in [-0.39, 0.29) is 5.97 Å². The van der Waals surface area contributed by atoms with Gasteiger partial charge in [-0.25, -0.2) is 4.79 Å². The van der Waals surface area contributed by atoms with Crippen molar-refractivity contribution in [2.75, 3.05) is 12.8 Å². The first kappa shape index (κ1) is 10.5. The van der Waals surface area contributed by atoms with Gasteiger partial charge in [0.15, 0.2) is 0 Å². The fraction of sp³-hybridized carbons (Fsp3) is 0.273. The van der Waals surface area contributed by atoms with E-state index in [0.717, 1.165) is 16.5 Å². The monoisotopic (exact) mass is 219 g/mol. The van der Waals surface area contributed by atoms with Gasteiger partial charge in [0.05, 0.1) is 24.4 Å². The minimum absolute atomic E-state index is 0.382. The number of hydrogen-bond acceptors (Lipinski definition) is 4. The van der Waals surface area contributed by atoms with Gasteiger partial charge in [0.25, 0.3) is 0 Å². The number of nitrogens with two attached hydrogens (primary N) is 1. The number of ether oxygens (including phenoxy) is 1. The number of aryl methyl sites for hydroxylation is 2. The summed E-state index contributed by atoms with van der Waals surface area (Å²) in [7, 11) is 3.17. The molecule has 0 saturated carbocycles. The molecule has 0 unspecified atom stereocenters. The molecule has 0 saturated heterocycles. The molecule has 5 heteroatoms. The summed E-state index contributed by atoms with van der Waals surface area (Å²) in [6.07, 6.45) is 1.69. The molecule has 0 aliphatic heterocycles. The second kappa shape index (κ2) is 3.52. The molecule has 1 aromatic heterocycles. The number of carbonyl (C=O) groups excluding carboxylic acids is 1. The third kappa shape index (κ3) is 1.32.